The van der Waals surface area contributed by atoms with Gasteiger partial charge < -0.3 is 15.0 Å². The van der Waals surface area contributed by atoms with Crippen molar-refractivity contribution in [2.45, 2.75) is 25.5 Å². The molecule has 9 heteroatoms. The molecule has 1 atom stereocenters. The smallest absolute Gasteiger partial charge is 0.244 e. The standard InChI is InChI=1S/C22H23ClN4O3S/c1-13-4-7-17(14(2)8-13)25-20(28)10-19-21(29)27-12-26(11-24-22(27)31-19)15-5-6-16(23)18(9-15)30-3/h4-9,19H,10-12H2,1-3H3,(H,25,28)/t19-/m0/s1. The van der Waals surface area contributed by atoms with Gasteiger partial charge in [-0.1, -0.05) is 41.1 Å². The normalized spacial score (nSPS) is 18.0. The maximum Gasteiger partial charge on any atom is 0.244 e. The van der Waals surface area contributed by atoms with Gasteiger partial charge in [0.2, 0.25) is 11.8 Å². The van der Waals surface area contributed by atoms with Gasteiger partial charge in [-0.2, -0.15) is 0 Å². The number of methoxy groups -OCH3 is 1. The Bertz CT molecular complexity index is 1070. The molecule has 2 aliphatic heterocycles. The van der Waals surface area contributed by atoms with Gasteiger partial charge in [-0.15, -0.1) is 0 Å². The molecule has 2 amide bonds. The minimum absolute atomic E-state index is 0.0983. The van der Waals surface area contributed by atoms with Gasteiger partial charge in [0.15, 0.2) is 5.17 Å². The van der Waals surface area contributed by atoms with Crippen molar-refractivity contribution in [3.05, 3.63) is 52.5 Å². The number of nitrogens with zero attached hydrogens (tertiary/aromatic N) is 3. The van der Waals surface area contributed by atoms with Crippen LogP contribution in [0.25, 0.3) is 0 Å². The first-order chi connectivity index (χ1) is 14.9. The van der Waals surface area contributed by atoms with Gasteiger partial charge in [0.1, 0.15) is 24.3 Å². The van der Waals surface area contributed by atoms with E-state index in [9.17, 15) is 9.59 Å². The Hall–Kier alpha value is -2.71. The highest BCUT2D eigenvalue weighted by atomic mass is 35.5. The van der Waals surface area contributed by atoms with E-state index in [2.05, 4.69) is 10.3 Å². The molecule has 0 aliphatic carbocycles. The first kappa shape index (κ1) is 21.5. The Kier molecular flexibility index (Phi) is 6.11. The molecular formula is C22H23ClN4O3S. The van der Waals surface area contributed by atoms with Gasteiger partial charge in [0.25, 0.3) is 0 Å². The third-order valence-electron chi connectivity index (χ3n) is 5.24. The summed E-state index contributed by atoms with van der Waals surface area (Å²) in [7, 11) is 1.56. The van der Waals surface area contributed by atoms with Crippen molar-refractivity contribution in [2.75, 3.05) is 30.7 Å². The summed E-state index contributed by atoms with van der Waals surface area (Å²) in [6, 6.07) is 11.3. The number of halogens is 1. The lowest BCUT2D eigenvalue weighted by Gasteiger charge is -2.32. The first-order valence-corrected chi connectivity index (χ1v) is 11.1. The second-order valence-electron chi connectivity index (χ2n) is 7.53. The third-order valence-corrected chi connectivity index (χ3v) is 6.76. The number of thioether (sulfide) groups is 1. The predicted octanol–water partition coefficient (Wildman–Crippen LogP) is 4.03. The SMILES string of the molecule is COc1cc(N2CN=C3S[C@@H](CC(=O)Nc4ccc(C)cc4C)C(=O)N3C2)ccc1Cl. The predicted molar refractivity (Wildman–Crippen MR) is 125 cm³/mol. The molecule has 0 radical (unpaired) electrons. The van der Waals surface area contributed by atoms with Crippen molar-refractivity contribution in [1.82, 2.24) is 4.90 Å². The summed E-state index contributed by atoms with van der Waals surface area (Å²) in [5.41, 5.74) is 3.76. The minimum Gasteiger partial charge on any atom is -0.495 e. The number of amidine groups is 1. The number of nitrogens with one attached hydrogen (secondary N) is 1. The number of hydrogen-bond donors (Lipinski definition) is 1. The molecule has 1 saturated heterocycles. The molecule has 0 unspecified atom stereocenters. The summed E-state index contributed by atoms with van der Waals surface area (Å²) in [6.45, 7) is 4.74. The van der Waals surface area contributed by atoms with E-state index in [-0.39, 0.29) is 18.2 Å². The maximum absolute atomic E-state index is 13.0. The molecule has 0 bridgehead atoms. The van der Waals surface area contributed by atoms with Crippen LogP contribution in [0.3, 0.4) is 0 Å². The molecule has 31 heavy (non-hydrogen) atoms. The Balaban J connectivity index is 1.41. The van der Waals surface area contributed by atoms with E-state index in [1.807, 2.05) is 49.1 Å². The van der Waals surface area contributed by atoms with E-state index in [4.69, 9.17) is 16.3 Å². The molecular weight excluding hydrogens is 436 g/mol. The lowest BCUT2D eigenvalue weighted by molar-refractivity contribution is -0.128. The van der Waals surface area contributed by atoms with E-state index >= 15 is 0 Å². The molecule has 1 fully saturated rings. The lowest BCUT2D eigenvalue weighted by atomic mass is 10.1. The highest BCUT2D eigenvalue weighted by Gasteiger charge is 2.41. The maximum atomic E-state index is 13.0. The van der Waals surface area contributed by atoms with Gasteiger partial charge in [-0.25, -0.2) is 4.99 Å². The second kappa shape index (κ2) is 8.80. The molecule has 162 valence electrons. The summed E-state index contributed by atoms with van der Waals surface area (Å²) < 4.78 is 5.29. The third kappa shape index (κ3) is 4.50. The second-order valence-corrected chi connectivity index (χ2v) is 9.10. The number of amides is 2. The van der Waals surface area contributed by atoms with Crippen molar-refractivity contribution < 1.29 is 14.3 Å². The topological polar surface area (TPSA) is 74.2 Å². The quantitative estimate of drug-likeness (QED) is 0.732. The molecule has 2 aromatic rings. The average Bonchev–Trinajstić information content (AvgIpc) is 3.05. The number of aryl methyl sites for hydroxylation is 2. The van der Waals surface area contributed by atoms with Crippen molar-refractivity contribution in [2.24, 2.45) is 4.99 Å². The fourth-order valence-electron chi connectivity index (χ4n) is 3.58. The number of anilines is 2. The molecule has 2 aliphatic rings. The highest BCUT2D eigenvalue weighted by Crippen LogP contribution is 2.35. The van der Waals surface area contributed by atoms with Crippen LogP contribution in [-0.4, -0.2) is 47.6 Å². The van der Waals surface area contributed by atoms with Gasteiger partial charge in [-0.05, 0) is 37.6 Å². The Morgan fingerprint density at radius 3 is 2.84 bits per heavy atom. The molecule has 1 N–H and O–H groups in total. The van der Waals surface area contributed by atoms with Crippen molar-refractivity contribution >= 4 is 51.7 Å². The molecule has 7 nitrogen and oxygen atoms in total. The molecule has 2 aromatic carbocycles. The molecule has 0 saturated carbocycles. The Labute approximate surface area is 190 Å². The van der Waals surface area contributed by atoms with E-state index in [0.717, 1.165) is 22.5 Å². The van der Waals surface area contributed by atoms with Gasteiger partial charge >= 0.3 is 0 Å². The van der Waals surface area contributed by atoms with Gasteiger partial charge in [-0.3, -0.25) is 14.5 Å². The van der Waals surface area contributed by atoms with E-state index < -0.39 is 5.25 Å². The van der Waals surface area contributed by atoms with Gasteiger partial charge in [0, 0.05) is 23.9 Å². The zero-order chi connectivity index (χ0) is 22.1. The number of aliphatic imine (C=N–C) groups is 1. The Morgan fingerprint density at radius 2 is 2.10 bits per heavy atom. The minimum atomic E-state index is -0.482. The van der Waals surface area contributed by atoms with Crippen LogP contribution in [0.2, 0.25) is 5.02 Å². The van der Waals surface area contributed by atoms with Crippen LogP contribution in [0.4, 0.5) is 11.4 Å². The average molecular weight is 459 g/mol. The van der Waals surface area contributed by atoms with Crippen LogP contribution in [0, 0.1) is 13.8 Å². The number of benzene rings is 2. The number of carbonyl (C=O) groups excluding carboxylic acids is 2. The zero-order valence-electron chi connectivity index (χ0n) is 17.5. The number of hydrogen-bond acceptors (Lipinski definition) is 6. The van der Waals surface area contributed by atoms with Crippen LogP contribution >= 0.6 is 23.4 Å². The Morgan fingerprint density at radius 1 is 1.29 bits per heavy atom. The summed E-state index contributed by atoms with van der Waals surface area (Å²) in [6.07, 6.45) is 0.0983. The molecule has 0 aromatic heterocycles. The fourth-order valence-corrected chi connectivity index (χ4v) is 4.90. The number of rotatable bonds is 5. The van der Waals surface area contributed by atoms with Crippen molar-refractivity contribution in [3.8, 4) is 5.75 Å². The van der Waals surface area contributed by atoms with Crippen LogP contribution < -0.4 is 15.0 Å². The van der Waals surface area contributed by atoms with Crippen LogP contribution in [0.15, 0.2) is 41.4 Å². The molecule has 4 rings (SSSR count). The van der Waals surface area contributed by atoms with E-state index in [0.29, 0.717) is 29.3 Å². The van der Waals surface area contributed by atoms with Crippen molar-refractivity contribution in [3.63, 3.8) is 0 Å². The van der Waals surface area contributed by atoms with Crippen molar-refractivity contribution in [1.29, 1.82) is 0 Å². The largest absolute Gasteiger partial charge is 0.495 e. The first-order valence-electron chi connectivity index (χ1n) is 9.84. The number of carbonyl (C=O) groups is 2. The number of ether oxygens (including phenoxy) is 1. The summed E-state index contributed by atoms with van der Waals surface area (Å²) in [5, 5.41) is 3.62. The van der Waals surface area contributed by atoms with Gasteiger partial charge in [0.05, 0.1) is 12.1 Å². The molecule has 0 spiro atoms. The molecule has 2 heterocycles. The van der Waals surface area contributed by atoms with Crippen LogP contribution in [0.1, 0.15) is 17.5 Å². The number of fused-ring (bicyclic) bond motifs is 1. The van der Waals surface area contributed by atoms with E-state index in [1.165, 1.54) is 11.8 Å². The fraction of sp³-hybridized carbons (Fsp3) is 0.318. The summed E-state index contributed by atoms with van der Waals surface area (Å²) in [5.74, 6) is 0.278. The van der Waals surface area contributed by atoms with Crippen LogP contribution in [0.5, 0.6) is 5.75 Å². The highest BCUT2D eigenvalue weighted by molar-refractivity contribution is 8.15. The van der Waals surface area contributed by atoms with Crippen LogP contribution in [-0.2, 0) is 9.59 Å². The monoisotopic (exact) mass is 458 g/mol. The summed E-state index contributed by atoms with van der Waals surface area (Å²) >= 11 is 7.46. The lowest BCUT2D eigenvalue weighted by Crippen LogP contribution is -2.46. The summed E-state index contributed by atoms with van der Waals surface area (Å²) in [4.78, 5) is 33.7. The zero-order valence-corrected chi connectivity index (χ0v) is 19.1. The van der Waals surface area contributed by atoms with E-state index in [1.54, 1.807) is 18.1 Å².